The fourth-order valence-electron chi connectivity index (χ4n) is 2.40. The average Bonchev–Trinajstić information content (AvgIpc) is 2.46. The molecule has 1 heterocycles. The van der Waals surface area contributed by atoms with Crippen molar-refractivity contribution in [1.82, 2.24) is 15.5 Å². The number of amides is 2. The standard InChI is InChI=1S/C15H20ClN3O2/c1-2-17-14(20)9-13-15(21)19(8-7-18-13)10-11-5-3-4-6-12(11)16/h3-6,13,18H,2,7-10H2,1H3,(H,17,20). The van der Waals surface area contributed by atoms with Gasteiger partial charge in [0, 0.05) is 31.2 Å². The maximum absolute atomic E-state index is 12.4. The minimum atomic E-state index is -0.451. The fraction of sp³-hybridized carbons (Fsp3) is 0.467. The highest BCUT2D eigenvalue weighted by molar-refractivity contribution is 6.31. The molecule has 0 aliphatic carbocycles. The Kier molecular flexibility index (Phi) is 5.59. The number of piperazine rings is 1. The predicted molar refractivity (Wildman–Crippen MR) is 82.0 cm³/mol. The van der Waals surface area contributed by atoms with E-state index in [1.54, 1.807) is 4.90 Å². The Morgan fingerprint density at radius 3 is 2.95 bits per heavy atom. The Balaban J connectivity index is 1.99. The van der Waals surface area contributed by atoms with Gasteiger partial charge in [-0.1, -0.05) is 29.8 Å². The summed E-state index contributed by atoms with van der Waals surface area (Å²) in [6, 6.07) is 7.04. The van der Waals surface area contributed by atoms with Gasteiger partial charge in [-0.3, -0.25) is 9.59 Å². The van der Waals surface area contributed by atoms with E-state index in [-0.39, 0.29) is 18.2 Å². The number of benzene rings is 1. The molecule has 2 rings (SSSR count). The van der Waals surface area contributed by atoms with Crippen molar-refractivity contribution in [3.8, 4) is 0 Å². The van der Waals surface area contributed by atoms with Crippen LogP contribution in [0.15, 0.2) is 24.3 Å². The lowest BCUT2D eigenvalue weighted by molar-refractivity contribution is -0.138. The van der Waals surface area contributed by atoms with Crippen LogP contribution in [0.2, 0.25) is 5.02 Å². The molecule has 5 nitrogen and oxygen atoms in total. The lowest BCUT2D eigenvalue weighted by Crippen LogP contribution is -2.55. The molecule has 1 aromatic carbocycles. The topological polar surface area (TPSA) is 61.4 Å². The third kappa shape index (κ3) is 4.19. The smallest absolute Gasteiger partial charge is 0.240 e. The lowest BCUT2D eigenvalue weighted by atomic mass is 10.1. The van der Waals surface area contributed by atoms with Crippen LogP contribution in [0.3, 0.4) is 0 Å². The van der Waals surface area contributed by atoms with Crippen LogP contribution in [0.5, 0.6) is 0 Å². The Morgan fingerprint density at radius 1 is 1.48 bits per heavy atom. The molecule has 114 valence electrons. The van der Waals surface area contributed by atoms with Gasteiger partial charge in [-0.05, 0) is 18.6 Å². The van der Waals surface area contributed by atoms with Crippen LogP contribution in [-0.4, -0.2) is 42.4 Å². The summed E-state index contributed by atoms with van der Waals surface area (Å²) >= 11 is 6.14. The molecule has 1 unspecified atom stereocenters. The molecule has 2 N–H and O–H groups in total. The van der Waals surface area contributed by atoms with Gasteiger partial charge in [0.15, 0.2) is 0 Å². The average molecular weight is 310 g/mol. The third-order valence-corrected chi connectivity index (χ3v) is 3.83. The summed E-state index contributed by atoms with van der Waals surface area (Å²) in [5.41, 5.74) is 0.922. The van der Waals surface area contributed by atoms with Crippen molar-refractivity contribution in [2.45, 2.75) is 25.9 Å². The SMILES string of the molecule is CCNC(=O)CC1NCCN(Cc2ccccc2Cl)C1=O. The number of halogens is 1. The zero-order chi connectivity index (χ0) is 15.2. The molecule has 1 aromatic rings. The van der Waals surface area contributed by atoms with Crippen molar-refractivity contribution in [2.75, 3.05) is 19.6 Å². The van der Waals surface area contributed by atoms with Crippen LogP contribution in [-0.2, 0) is 16.1 Å². The van der Waals surface area contributed by atoms with Crippen molar-refractivity contribution >= 4 is 23.4 Å². The Labute approximate surface area is 129 Å². The second-order valence-electron chi connectivity index (χ2n) is 5.02. The monoisotopic (exact) mass is 309 g/mol. The number of carbonyl (C=O) groups is 2. The molecule has 0 spiro atoms. The molecule has 0 radical (unpaired) electrons. The first-order valence-corrected chi connectivity index (χ1v) is 7.52. The molecule has 6 heteroatoms. The first kappa shape index (κ1) is 15.8. The first-order chi connectivity index (χ1) is 10.1. The van der Waals surface area contributed by atoms with Gasteiger partial charge in [0.2, 0.25) is 11.8 Å². The van der Waals surface area contributed by atoms with E-state index in [4.69, 9.17) is 11.6 Å². The summed E-state index contributed by atoms with van der Waals surface area (Å²) in [4.78, 5) is 25.8. The maximum atomic E-state index is 12.4. The highest BCUT2D eigenvalue weighted by atomic mass is 35.5. The molecule has 1 aliphatic heterocycles. The van der Waals surface area contributed by atoms with Crippen LogP contribution in [0.25, 0.3) is 0 Å². The van der Waals surface area contributed by atoms with Crippen LogP contribution >= 0.6 is 11.6 Å². The van der Waals surface area contributed by atoms with Crippen LogP contribution in [0.1, 0.15) is 18.9 Å². The van der Waals surface area contributed by atoms with Crippen molar-refractivity contribution in [2.24, 2.45) is 0 Å². The third-order valence-electron chi connectivity index (χ3n) is 3.46. The summed E-state index contributed by atoms with van der Waals surface area (Å²) in [5.74, 6) is -0.157. The zero-order valence-electron chi connectivity index (χ0n) is 12.1. The van der Waals surface area contributed by atoms with Gasteiger partial charge in [-0.15, -0.1) is 0 Å². The van der Waals surface area contributed by atoms with Crippen molar-refractivity contribution in [3.63, 3.8) is 0 Å². The highest BCUT2D eigenvalue weighted by Crippen LogP contribution is 2.18. The summed E-state index contributed by atoms with van der Waals surface area (Å²) in [6.45, 7) is 4.21. The van der Waals surface area contributed by atoms with E-state index in [1.807, 2.05) is 31.2 Å². The molecule has 1 atom stereocenters. The summed E-state index contributed by atoms with van der Waals surface area (Å²) in [6.07, 6.45) is 0.172. The number of nitrogens with zero attached hydrogens (tertiary/aromatic N) is 1. The van der Waals surface area contributed by atoms with Crippen molar-refractivity contribution in [3.05, 3.63) is 34.9 Å². The van der Waals surface area contributed by atoms with Crippen molar-refractivity contribution in [1.29, 1.82) is 0 Å². The highest BCUT2D eigenvalue weighted by Gasteiger charge is 2.30. The number of carbonyl (C=O) groups excluding carboxylic acids is 2. The molecule has 2 amide bonds. The summed E-state index contributed by atoms with van der Waals surface area (Å²) < 4.78 is 0. The molecular formula is C15H20ClN3O2. The van der Waals surface area contributed by atoms with Gasteiger partial charge in [0.05, 0.1) is 12.5 Å². The van der Waals surface area contributed by atoms with Gasteiger partial charge in [-0.2, -0.15) is 0 Å². The minimum absolute atomic E-state index is 0.0487. The summed E-state index contributed by atoms with van der Waals surface area (Å²) in [7, 11) is 0. The van der Waals surface area contributed by atoms with Gasteiger partial charge in [0.1, 0.15) is 0 Å². The van der Waals surface area contributed by atoms with Gasteiger partial charge in [-0.25, -0.2) is 0 Å². The van der Waals surface area contributed by atoms with Gasteiger partial charge >= 0.3 is 0 Å². The van der Waals surface area contributed by atoms with Crippen LogP contribution in [0, 0.1) is 0 Å². The Bertz CT molecular complexity index is 521. The molecule has 1 fully saturated rings. The van der Waals surface area contributed by atoms with E-state index in [0.29, 0.717) is 31.2 Å². The van der Waals surface area contributed by atoms with E-state index in [9.17, 15) is 9.59 Å². The zero-order valence-corrected chi connectivity index (χ0v) is 12.8. The molecule has 1 aliphatic rings. The van der Waals surface area contributed by atoms with E-state index >= 15 is 0 Å². The maximum Gasteiger partial charge on any atom is 0.240 e. The van der Waals surface area contributed by atoms with Gasteiger partial charge in [0.25, 0.3) is 0 Å². The minimum Gasteiger partial charge on any atom is -0.356 e. The number of hydrogen-bond donors (Lipinski definition) is 2. The molecular weight excluding hydrogens is 290 g/mol. The Morgan fingerprint density at radius 2 is 2.24 bits per heavy atom. The molecule has 1 saturated heterocycles. The van der Waals surface area contributed by atoms with Crippen LogP contribution < -0.4 is 10.6 Å². The van der Waals surface area contributed by atoms with E-state index in [1.165, 1.54) is 0 Å². The summed E-state index contributed by atoms with van der Waals surface area (Å²) in [5, 5.41) is 6.48. The van der Waals surface area contributed by atoms with Crippen LogP contribution in [0.4, 0.5) is 0 Å². The quantitative estimate of drug-likeness (QED) is 0.858. The van der Waals surface area contributed by atoms with E-state index < -0.39 is 6.04 Å². The molecule has 0 aromatic heterocycles. The number of rotatable bonds is 5. The second-order valence-corrected chi connectivity index (χ2v) is 5.42. The fourth-order valence-corrected chi connectivity index (χ4v) is 2.59. The van der Waals surface area contributed by atoms with E-state index in [0.717, 1.165) is 5.56 Å². The lowest BCUT2D eigenvalue weighted by Gasteiger charge is -2.33. The molecule has 21 heavy (non-hydrogen) atoms. The Hall–Kier alpha value is -1.59. The normalized spacial score (nSPS) is 18.7. The first-order valence-electron chi connectivity index (χ1n) is 7.14. The second kappa shape index (κ2) is 7.43. The largest absolute Gasteiger partial charge is 0.356 e. The molecule has 0 bridgehead atoms. The number of hydrogen-bond acceptors (Lipinski definition) is 3. The molecule has 0 saturated carbocycles. The van der Waals surface area contributed by atoms with E-state index in [2.05, 4.69) is 10.6 Å². The number of nitrogens with one attached hydrogen (secondary N) is 2. The van der Waals surface area contributed by atoms with Gasteiger partial charge < -0.3 is 15.5 Å². The van der Waals surface area contributed by atoms with Crippen molar-refractivity contribution < 1.29 is 9.59 Å². The predicted octanol–water partition coefficient (Wildman–Crippen LogP) is 1.17.